The molecule has 100 valence electrons. The van der Waals surface area contributed by atoms with Gasteiger partial charge in [-0.15, -0.1) is 11.3 Å². The molecule has 18 heavy (non-hydrogen) atoms. The summed E-state index contributed by atoms with van der Waals surface area (Å²) in [4.78, 5) is 23.4. The van der Waals surface area contributed by atoms with Crippen molar-refractivity contribution in [2.75, 3.05) is 0 Å². The predicted octanol–water partition coefficient (Wildman–Crippen LogP) is 2.36. The Kier molecular flexibility index (Phi) is 5.64. The van der Waals surface area contributed by atoms with E-state index in [1.165, 1.54) is 6.92 Å². The van der Waals surface area contributed by atoms with Crippen LogP contribution in [0.3, 0.4) is 0 Å². The van der Waals surface area contributed by atoms with Gasteiger partial charge in [-0.1, -0.05) is 19.4 Å². The number of urea groups is 1. The molecule has 1 aromatic rings. The first-order valence-electron chi connectivity index (χ1n) is 5.87. The minimum absolute atomic E-state index is 0.0593. The van der Waals surface area contributed by atoms with Gasteiger partial charge in [-0.05, 0) is 24.8 Å². The maximum absolute atomic E-state index is 11.7. The van der Waals surface area contributed by atoms with Crippen LogP contribution in [0.2, 0.25) is 0 Å². The molecule has 6 heteroatoms. The van der Waals surface area contributed by atoms with Gasteiger partial charge in [0.25, 0.3) is 0 Å². The van der Waals surface area contributed by atoms with E-state index in [1.807, 2.05) is 24.4 Å². The molecule has 3 N–H and O–H groups in total. The van der Waals surface area contributed by atoms with Crippen molar-refractivity contribution in [3.63, 3.8) is 0 Å². The first-order valence-corrected chi connectivity index (χ1v) is 6.75. The highest BCUT2D eigenvalue weighted by atomic mass is 32.1. The number of carbonyl (C=O) groups is 2. The van der Waals surface area contributed by atoms with E-state index >= 15 is 0 Å². The molecule has 0 aliphatic rings. The number of hydrogen-bond donors (Lipinski definition) is 3. The summed E-state index contributed by atoms with van der Waals surface area (Å²) in [7, 11) is 0. The number of rotatable bonds is 6. The molecule has 2 amide bonds. The molecule has 5 nitrogen and oxygen atoms in total. The summed E-state index contributed by atoms with van der Waals surface area (Å²) in [5.41, 5.74) is 0. The smallest absolute Gasteiger partial charge is 0.325 e. The molecule has 0 spiro atoms. The van der Waals surface area contributed by atoms with Crippen molar-refractivity contribution in [3.8, 4) is 0 Å². The molecule has 0 saturated carbocycles. The van der Waals surface area contributed by atoms with Gasteiger partial charge in [-0.3, -0.25) is 4.79 Å². The molecule has 1 heterocycles. The van der Waals surface area contributed by atoms with Gasteiger partial charge in [0, 0.05) is 4.88 Å². The summed E-state index contributed by atoms with van der Waals surface area (Å²) in [5, 5.41) is 15.9. The normalized spacial score (nSPS) is 13.7. The van der Waals surface area contributed by atoms with Gasteiger partial charge in [0.15, 0.2) is 0 Å². The Bertz CT molecular complexity index is 392. The van der Waals surface area contributed by atoms with Crippen molar-refractivity contribution in [3.05, 3.63) is 22.4 Å². The first kappa shape index (κ1) is 14.5. The van der Waals surface area contributed by atoms with Crippen LogP contribution in [0.25, 0.3) is 0 Å². The number of nitrogens with one attached hydrogen (secondary N) is 2. The number of thiophene rings is 1. The van der Waals surface area contributed by atoms with Crippen LogP contribution in [0.4, 0.5) is 4.79 Å². The van der Waals surface area contributed by atoms with E-state index in [2.05, 4.69) is 10.6 Å². The van der Waals surface area contributed by atoms with Gasteiger partial charge in [0.2, 0.25) is 0 Å². The van der Waals surface area contributed by atoms with Crippen LogP contribution in [0.5, 0.6) is 0 Å². The lowest BCUT2D eigenvalue weighted by Crippen LogP contribution is -2.45. The summed E-state index contributed by atoms with van der Waals surface area (Å²) in [6, 6.07) is 2.50. The van der Waals surface area contributed by atoms with Gasteiger partial charge >= 0.3 is 12.0 Å². The summed E-state index contributed by atoms with van der Waals surface area (Å²) in [5.74, 6) is -1.05. The lowest BCUT2D eigenvalue weighted by Gasteiger charge is -2.18. The van der Waals surface area contributed by atoms with E-state index in [0.29, 0.717) is 0 Å². The van der Waals surface area contributed by atoms with Crippen LogP contribution in [0, 0.1) is 0 Å². The predicted molar refractivity (Wildman–Crippen MR) is 70.7 cm³/mol. The van der Waals surface area contributed by atoms with Crippen LogP contribution in [0.1, 0.15) is 37.6 Å². The van der Waals surface area contributed by atoms with Crippen LogP contribution in [-0.2, 0) is 4.79 Å². The van der Waals surface area contributed by atoms with Gasteiger partial charge in [0.05, 0.1) is 6.04 Å². The zero-order valence-corrected chi connectivity index (χ0v) is 11.3. The average molecular weight is 270 g/mol. The molecular weight excluding hydrogens is 252 g/mol. The summed E-state index contributed by atoms with van der Waals surface area (Å²) in [6.07, 6.45) is 1.77. The zero-order valence-electron chi connectivity index (χ0n) is 10.5. The maximum atomic E-state index is 11.7. The molecule has 0 aromatic carbocycles. The van der Waals surface area contributed by atoms with Crippen molar-refractivity contribution in [1.29, 1.82) is 0 Å². The highest BCUT2D eigenvalue weighted by Crippen LogP contribution is 2.22. The minimum Gasteiger partial charge on any atom is -0.480 e. The molecule has 0 fully saturated rings. The fourth-order valence-electron chi connectivity index (χ4n) is 1.52. The lowest BCUT2D eigenvalue weighted by atomic mass is 10.1. The summed E-state index contributed by atoms with van der Waals surface area (Å²) in [6.45, 7) is 3.47. The van der Waals surface area contributed by atoms with E-state index in [1.54, 1.807) is 11.3 Å². The Morgan fingerprint density at radius 3 is 2.67 bits per heavy atom. The number of amides is 2. The van der Waals surface area contributed by atoms with Crippen molar-refractivity contribution in [2.45, 2.75) is 38.8 Å². The molecule has 1 aromatic heterocycles. The standard InChI is InChI=1S/C12H18N2O3S/c1-3-5-9(10-6-4-7-18-10)14-12(17)13-8(2)11(15)16/h4,6-9H,3,5H2,1-2H3,(H,15,16)(H2,13,14,17)/t8-,9?/m0/s1. The van der Waals surface area contributed by atoms with E-state index in [-0.39, 0.29) is 6.04 Å². The molecule has 0 aliphatic carbocycles. The molecule has 0 aliphatic heterocycles. The largest absolute Gasteiger partial charge is 0.480 e. The third-order valence-electron chi connectivity index (χ3n) is 2.49. The topological polar surface area (TPSA) is 78.4 Å². The first-order chi connectivity index (χ1) is 8.54. The van der Waals surface area contributed by atoms with E-state index in [4.69, 9.17) is 5.11 Å². The van der Waals surface area contributed by atoms with Crippen molar-refractivity contribution in [2.24, 2.45) is 0 Å². The Labute approximate surface area is 110 Å². The Hall–Kier alpha value is -1.56. The van der Waals surface area contributed by atoms with Gasteiger partial charge < -0.3 is 15.7 Å². The number of carbonyl (C=O) groups excluding carboxylic acids is 1. The average Bonchev–Trinajstić information content (AvgIpc) is 2.81. The second-order valence-corrected chi connectivity index (χ2v) is 5.01. The molecule has 0 bridgehead atoms. The Morgan fingerprint density at radius 1 is 1.44 bits per heavy atom. The molecule has 1 rings (SSSR count). The maximum Gasteiger partial charge on any atom is 0.325 e. The molecule has 0 saturated heterocycles. The lowest BCUT2D eigenvalue weighted by molar-refractivity contribution is -0.138. The van der Waals surface area contributed by atoms with E-state index in [9.17, 15) is 9.59 Å². The second-order valence-electron chi connectivity index (χ2n) is 4.03. The van der Waals surface area contributed by atoms with Crippen LogP contribution < -0.4 is 10.6 Å². The van der Waals surface area contributed by atoms with Crippen molar-refractivity contribution >= 4 is 23.3 Å². The Morgan fingerprint density at radius 2 is 2.17 bits per heavy atom. The number of carboxylic acid groups (broad SMARTS) is 1. The summed E-state index contributed by atoms with van der Waals surface area (Å²) >= 11 is 1.58. The SMILES string of the molecule is CCCC(NC(=O)N[C@@H](C)C(=O)O)c1cccs1. The van der Waals surface area contributed by atoms with E-state index in [0.717, 1.165) is 17.7 Å². The summed E-state index contributed by atoms with van der Waals surface area (Å²) < 4.78 is 0. The molecule has 1 unspecified atom stereocenters. The highest BCUT2D eigenvalue weighted by molar-refractivity contribution is 7.10. The number of aliphatic carboxylic acids is 1. The third kappa shape index (κ3) is 4.37. The van der Waals surface area contributed by atoms with Crippen LogP contribution >= 0.6 is 11.3 Å². The number of hydrogen-bond acceptors (Lipinski definition) is 3. The molecule has 0 radical (unpaired) electrons. The Balaban J connectivity index is 2.56. The van der Waals surface area contributed by atoms with Crippen LogP contribution in [0.15, 0.2) is 17.5 Å². The minimum atomic E-state index is -1.05. The second kappa shape index (κ2) is 7.00. The highest BCUT2D eigenvalue weighted by Gasteiger charge is 2.18. The fraction of sp³-hybridized carbons (Fsp3) is 0.500. The van der Waals surface area contributed by atoms with Crippen LogP contribution in [-0.4, -0.2) is 23.1 Å². The van der Waals surface area contributed by atoms with Crippen molar-refractivity contribution in [1.82, 2.24) is 10.6 Å². The third-order valence-corrected chi connectivity index (χ3v) is 3.47. The van der Waals surface area contributed by atoms with Gasteiger partial charge in [0.1, 0.15) is 6.04 Å². The van der Waals surface area contributed by atoms with Gasteiger partial charge in [-0.2, -0.15) is 0 Å². The number of carboxylic acids is 1. The zero-order chi connectivity index (χ0) is 13.5. The van der Waals surface area contributed by atoms with Crippen molar-refractivity contribution < 1.29 is 14.7 Å². The van der Waals surface area contributed by atoms with E-state index < -0.39 is 18.0 Å². The molecule has 2 atom stereocenters. The molecular formula is C12H18N2O3S. The fourth-order valence-corrected chi connectivity index (χ4v) is 2.33. The quantitative estimate of drug-likeness (QED) is 0.742. The van der Waals surface area contributed by atoms with Gasteiger partial charge in [-0.25, -0.2) is 4.79 Å². The monoisotopic (exact) mass is 270 g/mol.